The van der Waals surface area contributed by atoms with Gasteiger partial charge in [-0.15, -0.1) is 0 Å². The van der Waals surface area contributed by atoms with Crippen molar-refractivity contribution in [2.24, 2.45) is 0 Å². The highest BCUT2D eigenvalue weighted by Gasteiger charge is 2.08. The van der Waals surface area contributed by atoms with Crippen molar-refractivity contribution >= 4 is 28.9 Å². The number of hydrogen-bond acceptors (Lipinski definition) is 3. The second-order valence-electron chi connectivity index (χ2n) is 4.15. The van der Waals surface area contributed by atoms with Crippen LogP contribution in [0, 0.1) is 5.82 Å². The minimum atomic E-state index is -0.407. The predicted octanol–water partition coefficient (Wildman–Crippen LogP) is 2.96. The molecule has 0 bridgehead atoms. The summed E-state index contributed by atoms with van der Waals surface area (Å²) in [5.41, 5.74) is 1.02. The van der Waals surface area contributed by atoms with Gasteiger partial charge in [0.2, 0.25) is 0 Å². The Hall–Kier alpha value is -2.47. The number of amides is 1. The second-order valence-corrected chi connectivity index (χ2v) is 4.56. The van der Waals surface area contributed by atoms with Crippen LogP contribution in [0.1, 0.15) is 10.4 Å². The molecule has 0 saturated heterocycles. The minimum absolute atomic E-state index is 0.151. The maximum Gasteiger partial charge on any atom is 0.257 e. The zero-order valence-corrected chi connectivity index (χ0v) is 12.0. The van der Waals surface area contributed by atoms with Gasteiger partial charge in [0, 0.05) is 17.3 Å². The number of methoxy groups -OCH3 is 1. The molecule has 0 aliphatic rings. The molecule has 21 heavy (non-hydrogen) atoms. The predicted molar refractivity (Wildman–Crippen MR) is 83.1 cm³/mol. The van der Waals surface area contributed by atoms with Crippen LogP contribution in [0.15, 0.2) is 48.5 Å². The molecule has 2 N–H and O–H groups in total. The number of halogens is 1. The zero-order valence-electron chi connectivity index (χ0n) is 11.2. The summed E-state index contributed by atoms with van der Waals surface area (Å²) < 4.78 is 17.9. The molecule has 2 aromatic carbocycles. The highest BCUT2D eigenvalue weighted by atomic mass is 32.1. The van der Waals surface area contributed by atoms with E-state index in [9.17, 15) is 9.18 Å². The Labute approximate surface area is 126 Å². The smallest absolute Gasteiger partial charge is 0.257 e. The molecule has 0 unspecified atom stereocenters. The Balaban J connectivity index is 1.97. The van der Waals surface area contributed by atoms with Crippen LogP contribution in [0.5, 0.6) is 5.75 Å². The molecule has 0 atom stereocenters. The van der Waals surface area contributed by atoms with E-state index in [4.69, 9.17) is 17.0 Å². The molecule has 0 spiro atoms. The summed E-state index contributed by atoms with van der Waals surface area (Å²) in [7, 11) is 1.56. The number of carbonyl (C=O) groups is 1. The SMILES string of the molecule is COc1cccc(NC(=S)NC(=O)c2ccc(F)cc2)c1. The van der Waals surface area contributed by atoms with E-state index in [1.807, 2.05) is 0 Å². The van der Waals surface area contributed by atoms with E-state index in [1.54, 1.807) is 31.4 Å². The molecule has 6 heteroatoms. The highest BCUT2D eigenvalue weighted by Crippen LogP contribution is 2.16. The normalized spacial score (nSPS) is 9.81. The lowest BCUT2D eigenvalue weighted by Crippen LogP contribution is -2.34. The van der Waals surface area contributed by atoms with E-state index in [0.29, 0.717) is 17.0 Å². The average Bonchev–Trinajstić information content (AvgIpc) is 2.47. The van der Waals surface area contributed by atoms with E-state index in [0.717, 1.165) is 0 Å². The molecule has 0 heterocycles. The van der Waals surface area contributed by atoms with Crippen molar-refractivity contribution < 1.29 is 13.9 Å². The molecule has 2 rings (SSSR count). The van der Waals surface area contributed by atoms with Gasteiger partial charge >= 0.3 is 0 Å². The molecule has 0 radical (unpaired) electrons. The van der Waals surface area contributed by atoms with E-state index >= 15 is 0 Å². The van der Waals surface area contributed by atoms with Crippen LogP contribution in [-0.4, -0.2) is 18.1 Å². The van der Waals surface area contributed by atoms with E-state index in [-0.39, 0.29) is 5.11 Å². The third-order valence-corrected chi connectivity index (χ3v) is 2.87. The number of thiocarbonyl (C=S) groups is 1. The van der Waals surface area contributed by atoms with E-state index in [1.165, 1.54) is 24.3 Å². The van der Waals surface area contributed by atoms with Gasteiger partial charge in [0.25, 0.3) is 5.91 Å². The summed E-state index contributed by atoms with van der Waals surface area (Å²) in [4.78, 5) is 11.9. The van der Waals surface area contributed by atoms with Gasteiger partial charge in [-0.3, -0.25) is 10.1 Å². The summed E-state index contributed by atoms with van der Waals surface area (Å²) in [5, 5.41) is 5.54. The number of ether oxygens (including phenoxy) is 1. The fraction of sp³-hybridized carbons (Fsp3) is 0.0667. The lowest BCUT2D eigenvalue weighted by molar-refractivity contribution is 0.0977. The summed E-state index contributed by atoms with van der Waals surface area (Å²) in [5.74, 6) is -0.133. The molecular formula is C15H13FN2O2S. The number of rotatable bonds is 3. The molecule has 4 nitrogen and oxygen atoms in total. The standard InChI is InChI=1S/C15H13FN2O2S/c1-20-13-4-2-3-12(9-13)17-15(21)18-14(19)10-5-7-11(16)8-6-10/h2-9H,1H3,(H2,17,18,19,21). The topological polar surface area (TPSA) is 50.4 Å². The summed E-state index contributed by atoms with van der Waals surface area (Å²) in [6.45, 7) is 0. The maximum absolute atomic E-state index is 12.8. The fourth-order valence-electron chi connectivity index (χ4n) is 1.64. The van der Waals surface area contributed by atoms with Crippen molar-refractivity contribution in [2.45, 2.75) is 0 Å². The van der Waals surface area contributed by atoms with Crippen molar-refractivity contribution in [3.63, 3.8) is 0 Å². The molecule has 0 aliphatic heterocycles. The molecule has 0 fully saturated rings. The Morgan fingerprint density at radius 2 is 1.90 bits per heavy atom. The largest absolute Gasteiger partial charge is 0.497 e. The lowest BCUT2D eigenvalue weighted by Gasteiger charge is -2.10. The van der Waals surface area contributed by atoms with Crippen LogP contribution in [0.2, 0.25) is 0 Å². The molecule has 1 amide bonds. The monoisotopic (exact) mass is 304 g/mol. The fourth-order valence-corrected chi connectivity index (χ4v) is 1.85. The maximum atomic E-state index is 12.8. The quantitative estimate of drug-likeness (QED) is 0.856. The molecule has 0 aromatic heterocycles. The van der Waals surface area contributed by atoms with Crippen molar-refractivity contribution in [3.8, 4) is 5.75 Å². The van der Waals surface area contributed by atoms with Gasteiger partial charge in [0.05, 0.1) is 7.11 Å². The third-order valence-electron chi connectivity index (χ3n) is 2.66. The Bertz CT molecular complexity index is 659. The summed E-state index contributed by atoms with van der Waals surface area (Å²) in [6, 6.07) is 12.3. The Morgan fingerprint density at radius 3 is 2.57 bits per heavy atom. The number of carbonyl (C=O) groups excluding carboxylic acids is 1. The number of benzene rings is 2. The third kappa shape index (κ3) is 4.25. The van der Waals surface area contributed by atoms with Crippen LogP contribution in [0.25, 0.3) is 0 Å². The van der Waals surface area contributed by atoms with E-state index in [2.05, 4.69) is 10.6 Å². The highest BCUT2D eigenvalue weighted by molar-refractivity contribution is 7.80. The van der Waals surface area contributed by atoms with Crippen molar-refractivity contribution in [3.05, 3.63) is 59.9 Å². The minimum Gasteiger partial charge on any atom is -0.497 e. The van der Waals surface area contributed by atoms with Gasteiger partial charge in [0.15, 0.2) is 5.11 Å². The van der Waals surface area contributed by atoms with Gasteiger partial charge in [-0.05, 0) is 48.6 Å². The Kier molecular flexibility index (Phi) is 4.84. The Morgan fingerprint density at radius 1 is 1.19 bits per heavy atom. The first kappa shape index (κ1) is 14.9. The van der Waals surface area contributed by atoms with Crippen LogP contribution < -0.4 is 15.4 Å². The van der Waals surface area contributed by atoms with Crippen LogP contribution >= 0.6 is 12.2 Å². The second kappa shape index (κ2) is 6.81. The molecule has 2 aromatic rings. The van der Waals surface area contributed by atoms with Gasteiger partial charge in [0.1, 0.15) is 11.6 Å². The van der Waals surface area contributed by atoms with Gasteiger partial charge in [-0.1, -0.05) is 6.07 Å². The van der Waals surface area contributed by atoms with Crippen molar-refractivity contribution in [2.75, 3.05) is 12.4 Å². The first-order valence-corrected chi connectivity index (χ1v) is 6.51. The van der Waals surface area contributed by atoms with Gasteiger partial charge in [-0.25, -0.2) is 4.39 Å². The van der Waals surface area contributed by atoms with Gasteiger partial charge < -0.3 is 10.1 Å². The number of hydrogen-bond donors (Lipinski definition) is 2. The van der Waals surface area contributed by atoms with Crippen LogP contribution in [0.3, 0.4) is 0 Å². The molecule has 108 valence electrons. The van der Waals surface area contributed by atoms with Crippen molar-refractivity contribution in [1.29, 1.82) is 0 Å². The number of nitrogens with one attached hydrogen (secondary N) is 2. The molecule has 0 aliphatic carbocycles. The first-order valence-electron chi connectivity index (χ1n) is 6.10. The number of anilines is 1. The summed E-state index contributed by atoms with van der Waals surface area (Å²) in [6.07, 6.45) is 0. The van der Waals surface area contributed by atoms with Crippen molar-refractivity contribution in [1.82, 2.24) is 5.32 Å². The van der Waals surface area contributed by atoms with Crippen LogP contribution in [0.4, 0.5) is 10.1 Å². The lowest BCUT2D eigenvalue weighted by atomic mass is 10.2. The van der Waals surface area contributed by atoms with Gasteiger partial charge in [-0.2, -0.15) is 0 Å². The average molecular weight is 304 g/mol. The first-order chi connectivity index (χ1) is 10.1. The molecule has 0 saturated carbocycles. The van der Waals surface area contributed by atoms with E-state index < -0.39 is 11.7 Å². The van der Waals surface area contributed by atoms with Crippen LogP contribution in [-0.2, 0) is 0 Å². The molecular weight excluding hydrogens is 291 g/mol. The zero-order chi connectivity index (χ0) is 15.2. The summed E-state index contributed by atoms with van der Waals surface area (Å²) >= 11 is 5.06.